The number of alkyl carbamates (subject to hydrolysis) is 1. The van der Waals surface area contributed by atoms with Gasteiger partial charge in [-0.25, -0.2) is 9.59 Å². The molecule has 2 aromatic carbocycles. The van der Waals surface area contributed by atoms with Gasteiger partial charge in [-0.3, -0.25) is 25.0 Å². The largest absolute Gasteiger partial charge is 0.539 e. The number of rotatable bonds is 13. The summed E-state index contributed by atoms with van der Waals surface area (Å²) in [7, 11) is -2.61. The van der Waals surface area contributed by atoms with Gasteiger partial charge in [-0.1, -0.05) is 20.8 Å². The second-order valence-corrected chi connectivity index (χ2v) is 17.3. The second kappa shape index (κ2) is 15.7. The van der Waals surface area contributed by atoms with E-state index in [1.54, 1.807) is 6.92 Å². The fourth-order valence-electron chi connectivity index (χ4n) is 4.63. The lowest BCUT2D eigenvalue weighted by atomic mass is 10.0. The highest BCUT2D eigenvalue weighted by Gasteiger charge is 2.41. The van der Waals surface area contributed by atoms with E-state index in [2.05, 4.69) is 5.32 Å². The van der Waals surface area contributed by atoms with Crippen molar-refractivity contribution in [3.8, 4) is 5.75 Å². The van der Waals surface area contributed by atoms with Gasteiger partial charge in [0.15, 0.2) is 5.75 Å². The molecule has 1 saturated heterocycles. The number of carbonyl (C=O) groups is 3. The Morgan fingerprint density at radius 3 is 2.26 bits per heavy atom. The Hall–Kier alpha value is -4.73. The fourth-order valence-corrected chi connectivity index (χ4v) is 5.68. The molecule has 3 rings (SSSR count). The first-order chi connectivity index (χ1) is 22.0. The van der Waals surface area contributed by atoms with Crippen LogP contribution in [0.5, 0.6) is 5.75 Å². The van der Waals surface area contributed by atoms with Gasteiger partial charge in [-0.15, -0.1) is 0 Å². The van der Waals surface area contributed by atoms with Crippen molar-refractivity contribution in [2.75, 3.05) is 19.7 Å². The highest BCUT2D eigenvalue weighted by Crippen LogP contribution is 2.42. The lowest BCUT2D eigenvalue weighted by Crippen LogP contribution is -2.44. The van der Waals surface area contributed by atoms with Crippen LogP contribution in [0.2, 0.25) is 18.1 Å². The number of benzene rings is 2. The van der Waals surface area contributed by atoms with Gasteiger partial charge in [0.2, 0.25) is 0 Å². The molecule has 47 heavy (non-hydrogen) atoms. The van der Waals surface area contributed by atoms with E-state index < -0.39 is 36.3 Å². The average molecular weight is 675 g/mol. The molecular weight excluding hydrogens is 632 g/mol. The van der Waals surface area contributed by atoms with Crippen molar-refractivity contribution < 1.29 is 42.9 Å². The molecule has 0 aromatic heterocycles. The highest BCUT2D eigenvalue weighted by atomic mass is 28.4. The van der Waals surface area contributed by atoms with Crippen LogP contribution in [-0.2, 0) is 38.6 Å². The molecule has 1 aliphatic heterocycles. The summed E-state index contributed by atoms with van der Waals surface area (Å²) in [6.45, 7) is 11.7. The molecule has 16 heteroatoms. The van der Waals surface area contributed by atoms with Gasteiger partial charge in [0.25, 0.3) is 14.0 Å². The molecule has 0 aliphatic carbocycles. The Bertz CT molecular complexity index is 1480. The van der Waals surface area contributed by atoms with E-state index in [0.29, 0.717) is 30.5 Å². The standard InChI is InChI=1S/C31H42N4O11Si/c1-7-43-27(36)17-25-22(12-15-26(35(41)42)28(25)46-47(5,6)31(2,3)4)20-44-29(37)32-18-24-9-8-16-33(24)30(38)45-19-21-10-13-23(14-11-21)34(39)40/h10-15,24H,7-9,16-20H2,1-6H3,(H,32,37). The summed E-state index contributed by atoms with van der Waals surface area (Å²) < 4.78 is 22.3. The first-order valence-corrected chi connectivity index (χ1v) is 18.2. The number of ether oxygens (including phenoxy) is 3. The number of nitro benzene ring substituents is 2. The third-order valence-electron chi connectivity index (χ3n) is 8.29. The van der Waals surface area contributed by atoms with E-state index in [-0.39, 0.29) is 66.6 Å². The maximum atomic E-state index is 12.8. The molecule has 0 radical (unpaired) electrons. The molecule has 0 saturated carbocycles. The Morgan fingerprint density at radius 2 is 1.66 bits per heavy atom. The first kappa shape index (κ1) is 36.7. The zero-order valence-corrected chi connectivity index (χ0v) is 28.5. The molecule has 1 N–H and O–H groups in total. The Balaban J connectivity index is 1.68. The van der Waals surface area contributed by atoms with E-state index in [0.717, 1.165) is 0 Å². The lowest BCUT2D eigenvalue weighted by Gasteiger charge is -2.37. The number of hydrogen-bond acceptors (Lipinski definition) is 11. The van der Waals surface area contributed by atoms with Gasteiger partial charge in [0, 0.05) is 36.9 Å². The summed E-state index contributed by atoms with van der Waals surface area (Å²) in [6, 6.07) is 8.03. The minimum atomic E-state index is -2.61. The van der Waals surface area contributed by atoms with Gasteiger partial charge in [0.05, 0.1) is 28.9 Å². The third kappa shape index (κ3) is 9.88. The average Bonchev–Trinajstić information content (AvgIpc) is 3.47. The van der Waals surface area contributed by atoms with Crippen LogP contribution in [0.25, 0.3) is 0 Å². The van der Waals surface area contributed by atoms with Crippen molar-refractivity contribution in [1.29, 1.82) is 0 Å². The molecule has 0 bridgehead atoms. The van der Waals surface area contributed by atoms with Crippen LogP contribution in [0.3, 0.4) is 0 Å². The minimum absolute atomic E-state index is 0.0370. The van der Waals surface area contributed by atoms with Crippen molar-refractivity contribution in [2.24, 2.45) is 0 Å². The van der Waals surface area contributed by atoms with Crippen LogP contribution in [-0.4, -0.2) is 67.0 Å². The minimum Gasteiger partial charge on any atom is -0.539 e. The van der Waals surface area contributed by atoms with Crippen molar-refractivity contribution in [2.45, 2.75) is 84.3 Å². The van der Waals surface area contributed by atoms with Crippen LogP contribution < -0.4 is 9.74 Å². The zero-order chi connectivity index (χ0) is 34.9. The van der Waals surface area contributed by atoms with Crippen molar-refractivity contribution in [3.63, 3.8) is 0 Å². The lowest BCUT2D eigenvalue weighted by molar-refractivity contribution is -0.385. The number of hydrogen-bond donors (Lipinski definition) is 1. The van der Waals surface area contributed by atoms with Crippen molar-refractivity contribution in [1.82, 2.24) is 10.2 Å². The molecule has 2 amide bonds. The van der Waals surface area contributed by atoms with Gasteiger partial charge in [-0.05, 0) is 67.2 Å². The normalized spacial score (nSPS) is 14.7. The van der Waals surface area contributed by atoms with Crippen LogP contribution in [0.1, 0.15) is 57.2 Å². The molecule has 1 atom stereocenters. The van der Waals surface area contributed by atoms with E-state index in [1.165, 1.54) is 41.3 Å². The summed E-state index contributed by atoms with van der Waals surface area (Å²) in [5, 5.41) is 25.2. The first-order valence-electron chi connectivity index (χ1n) is 15.2. The number of nitrogens with zero attached hydrogens (tertiary/aromatic N) is 3. The van der Waals surface area contributed by atoms with Gasteiger partial charge < -0.3 is 28.9 Å². The Kier molecular flexibility index (Phi) is 12.3. The summed E-state index contributed by atoms with van der Waals surface area (Å²) in [5.41, 5.74) is 0.788. The quantitative estimate of drug-likeness (QED) is 0.0859. The molecule has 1 aliphatic rings. The predicted octanol–water partition coefficient (Wildman–Crippen LogP) is 6.02. The van der Waals surface area contributed by atoms with E-state index in [1.807, 2.05) is 33.9 Å². The van der Waals surface area contributed by atoms with Crippen molar-refractivity contribution >= 4 is 37.8 Å². The zero-order valence-electron chi connectivity index (χ0n) is 27.5. The topological polar surface area (TPSA) is 190 Å². The van der Waals surface area contributed by atoms with Gasteiger partial charge in [0.1, 0.15) is 13.2 Å². The number of non-ortho nitro benzene ring substituents is 1. The number of esters is 1. The molecule has 2 aromatic rings. The van der Waals surface area contributed by atoms with Crippen LogP contribution in [0.15, 0.2) is 36.4 Å². The Morgan fingerprint density at radius 1 is 0.979 bits per heavy atom. The summed E-state index contributed by atoms with van der Waals surface area (Å²) in [5.74, 6) is -0.648. The number of carbonyl (C=O) groups excluding carboxylic acids is 3. The van der Waals surface area contributed by atoms with Gasteiger partial charge in [-0.2, -0.15) is 0 Å². The molecule has 1 unspecified atom stereocenters. The summed E-state index contributed by atoms with van der Waals surface area (Å²) >= 11 is 0. The molecule has 0 spiro atoms. The molecule has 1 fully saturated rings. The molecule has 1 heterocycles. The third-order valence-corrected chi connectivity index (χ3v) is 12.6. The monoisotopic (exact) mass is 674 g/mol. The molecule has 15 nitrogen and oxygen atoms in total. The maximum absolute atomic E-state index is 12.8. The number of nitrogens with one attached hydrogen (secondary N) is 1. The van der Waals surface area contributed by atoms with E-state index in [9.17, 15) is 34.6 Å². The number of likely N-dealkylation sites (tertiary alicyclic amines) is 1. The van der Waals surface area contributed by atoms with Gasteiger partial charge >= 0.3 is 23.8 Å². The smallest absolute Gasteiger partial charge is 0.410 e. The summed E-state index contributed by atoms with van der Waals surface area (Å²) in [6.07, 6.45) is -0.370. The number of nitro groups is 2. The van der Waals surface area contributed by atoms with E-state index >= 15 is 0 Å². The maximum Gasteiger partial charge on any atom is 0.410 e. The van der Waals surface area contributed by atoms with E-state index in [4.69, 9.17) is 18.6 Å². The van der Waals surface area contributed by atoms with Crippen LogP contribution >= 0.6 is 0 Å². The highest BCUT2D eigenvalue weighted by molar-refractivity contribution is 6.74. The SMILES string of the molecule is CCOC(=O)Cc1c(COC(=O)NCC2CCCN2C(=O)OCc2ccc([N+](=O)[O-])cc2)ccc([N+](=O)[O-])c1O[Si](C)(C)C(C)(C)C. The Labute approximate surface area is 273 Å². The van der Waals surface area contributed by atoms with Crippen molar-refractivity contribution in [3.05, 3.63) is 73.3 Å². The van der Waals surface area contributed by atoms with Crippen LogP contribution in [0, 0.1) is 20.2 Å². The summed E-state index contributed by atoms with van der Waals surface area (Å²) in [4.78, 5) is 61.3. The fraction of sp³-hybridized carbons (Fsp3) is 0.516. The molecular formula is C31H42N4O11Si. The second-order valence-electron chi connectivity index (χ2n) is 12.6. The van der Waals surface area contributed by atoms with Crippen LogP contribution in [0.4, 0.5) is 21.0 Å². The predicted molar refractivity (Wildman–Crippen MR) is 172 cm³/mol. The number of amides is 2. The molecule has 256 valence electrons.